The molecule has 0 aliphatic rings. The Morgan fingerprint density at radius 3 is 2.55 bits per heavy atom. The fraction of sp³-hybridized carbons (Fsp3) is 0.533. The van der Waals surface area contributed by atoms with Gasteiger partial charge < -0.3 is 10.6 Å². The molecule has 1 unspecified atom stereocenters. The number of amides is 1. The Labute approximate surface area is 126 Å². The number of likely N-dealkylation sites (N-methyl/N-ethyl adjacent to an activating group) is 1. The number of benzene rings is 1. The number of nitrogens with one attached hydrogen (secondary N) is 2. The lowest BCUT2D eigenvalue weighted by molar-refractivity contribution is -0.121. The maximum atomic E-state index is 13.6. The third kappa shape index (κ3) is 6.35. The number of rotatable bonds is 7. The van der Waals surface area contributed by atoms with E-state index in [1.54, 1.807) is 18.2 Å². The van der Waals surface area contributed by atoms with Crippen molar-refractivity contribution in [3.63, 3.8) is 0 Å². The van der Waals surface area contributed by atoms with Crippen molar-refractivity contribution in [1.29, 1.82) is 0 Å². The Bertz CT molecular complexity index is 415. The van der Waals surface area contributed by atoms with Crippen LogP contribution in [0.4, 0.5) is 4.39 Å². The van der Waals surface area contributed by atoms with E-state index >= 15 is 0 Å². The van der Waals surface area contributed by atoms with Crippen molar-refractivity contribution in [2.75, 3.05) is 13.1 Å². The first-order valence-electron chi connectivity index (χ1n) is 6.79. The highest BCUT2D eigenvalue weighted by molar-refractivity contribution is 5.85. The molecule has 0 saturated carbocycles. The van der Waals surface area contributed by atoms with E-state index in [0.29, 0.717) is 18.5 Å². The summed E-state index contributed by atoms with van der Waals surface area (Å²) in [5.41, 5.74) is 0.595. The SMILES string of the molecule is CCN[C@H](C)CNC(=O)CC(C)c1ccccc1F.Cl. The fourth-order valence-electron chi connectivity index (χ4n) is 2.02. The molecule has 3 nitrogen and oxygen atoms in total. The van der Waals surface area contributed by atoms with Gasteiger partial charge in [-0.25, -0.2) is 4.39 Å². The van der Waals surface area contributed by atoms with E-state index in [1.165, 1.54) is 6.07 Å². The van der Waals surface area contributed by atoms with Crippen molar-refractivity contribution in [3.05, 3.63) is 35.6 Å². The van der Waals surface area contributed by atoms with Gasteiger partial charge in [0, 0.05) is 19.0 Å². The lowest BCUT2D eigenvalue weighted by atomic mass is 9.97. The van der Waals surface area contributed by atoms with Crippen LogP contribution in [0, 0.1) is 5.82 Å². The largest absolute Gasteiger partial charge is 0.355 e. The van der Waals surface area contributed by atoms with Crippen LogP contribution >= 0.6 is 12.4 Å². The zero-order chi connectivity index (χ0) is 14.3. The molecule has 0 saturated heterocycles. The molecule has 0 aromatic heterocycles. The molecule has 0 aliphatic carbocycles. The second-order valence-corrected chi connectivity index (χ2v) is 4.89. The minimum atomic E-state index is -0.246. The zero-order valence-corrected chi connectivity index (χ0v) is 13.1. The number of carbonyl (C=O) groups excluding carboxylic acids is 1. The summed E-state index contributed by atoms with van der Waals surface area (Å²) >= 11 is 0. The van der Waals surface area contributed by atoms with Gasteiger partial charge in [0.05, 0.1) is 0 Å². The molecule has 5 heteroatoms. The number of carbonyl (C=O) groups is 1. The fourth-order valence-corrected chi connectivity index (χ4v) is 2.02. The van der Waals surface area contributed by atoms with Gasteiger partial charge in [-0.05, 0) is 31.0 Å². The molecule has 114 valence electrons. The number of hydrogen-bond acceptors (Lipinski definition) is 2. The van der Waals surface area contributed by atoms with Crippen molar-refractivity contribution in [1.82, 2.24) is 10.6 Å². The highest BCUT2D eigenvalue weighted by Gasteiger charge is 2.14. The molecule has 1 amide bonds. The first-order valence-corrected chi connectivity index (χ1v) is 6.79. The van der Waals surface area contributed by atoms with Gasteiger partial charge in [0.15, 0.2) is 0 Å². The maximum absolute atomic E-state index is 13.6. The van der Waals surface area contributed by atoms with Crippen molar-refractivity contribution in [2.24, 2.45) is 0 Å². The zero-order valence-electron chi connectivity index (χ0n) is 12.3. The first kappa shape index (κ1) is 18.9. The van der Waals surface area contributed by atoms with Crippen LogP contribution in [0.25, 0.3) is 0 Å². The van der Waals surface area contributed by atoms with Crippen molar-refractivity contribution in [2.45, 2.75) is 39.2 Å². The number of hydrogen-bond donors (Lipinski definition) is 2. The van der Waals surface area contributed by atoms with Crippen LogP contribution < -0.4 is 10.6 Å². The van der Waals surface area contributed by atoms with Gasteiger partial charge >= 0.3 is 0 Å². The van der Waals surface area contributed by atoms with Crippen LogP contribution in [0.1, 0.15) is 38.7 Å². The predicted octanol–water partition coefficient (Wildman–Crippen LogP) is 2.86. The van der Waals surface area contributed by atoms with E-state index in [4.69, 9.17) is 0 Å². The van der Waals surface area contributed by atoms with Gasteiger partial charge in [-0.15, -0.1) is 12.4 Å². The Balaban J connectivity index is 0.00000361. The van der Waals surface area contributed by atoms with E-state index in [0.717, 1.165) is 6.54 Å². The monoisotopic (exact) mass is 302 g/mol. The molecule has 0 aliphatic heterocycles. The van der Waals surface area contributed by atoms with Crippen molar-refractivity contribution in [3.8, 4) is 0 Å². The summed E-state index contributed by atoms with van der Waals surface area (Å²) in [6, 6.07) is 6.85. The summed E-state index contributed by atoms with van der Waals surface area (Å²) in [6.07, 6.45) is 0.305. The molecule has 0 fully saturated rings. The molecule has 0 spiro atoms. The third-order valence-corrected chi connectivity index (χ3v) is 3.09. The lowest BCUT2D eigenvalue weighted by Crippen LogP contribution is -2.39. The van der Waals surface area contributed by atoms with Gasteiger partial charge in [0.2, 0.25) is 5.91 Å². The minimum Gasteiger partial charge on any atom is -0.355 e. The second-order valence-electron chi connectivity index (χ2n) is 4.89. The van der Waals surface area contributed by atoms with Crippen LogP contribution in [0.3, 0.4) is 0 Å². The van der Waals surface area contributed by atoms with Gasteiger partial charge in [-0.2, -0.15) is 0 Å². The average Bonchev–Trinajstić information content (AvgIpc) is 2.37. The van der Waals surface area contributed by atoms with Crippen LogP contribution in [-0.2, 0) is 4.79 Å². The summed E-state index contributed by atoms with van der Waals surface area (Å²) in [5, 5.41) is 6.08. The summed E-state index contributed by atoms with van der Waals surface area (Å²) in [7, 11) is 0. The van der Waals surface area contributed by atoms with Crippen LogP contribution in [0.2, 0.25) is 0 Å². The molecule has 0 radical (unpaired) electrons. The highest BCUT2D eigenvalue weighted by Crippen LogP contribution is 2.21. The van der Waals surface area contributed by atoms with E-state index in [1.807, 2.05) is 20.8 Å². The van der Waals surface area contributed by atoms with E-state index < -0.39 is 0 Å². The van der Waals surface area contributed by atoms with E-state index in [9.17, 15) is 9.18 Å². The Morgan fingerprint density at radius 1 is 1.30 bits per heavy atom. The second kappa shape index (κ2) is 9.72. The van der Waals surface area contributed by atoms with Gasteiger partial charge in [0.25, 0.3) is 0 Å². The first-order chi connectivity index (χ1) is 9.04. The maximum Gasteiger partial charge on any atom is 0.220 e. The molecule has 1 aromatic rings. The molecule has 1 aromatic carbocycles. The van der Waals surface area contributed by atoms with E-state index in [2.05, 4.69) is 10.6 Å². The molecule has 0 heterocycles. The highest BCUT2D eigenvalue weighted by atomic mass is 35.5. The van der Waals surface area contributed by atoms with Gasteiger partial charge in [-0.3, -0.25) is 4.79 Å². The summed E-state index contributed by atoms with van der Waals surface area (Å²) < 4.78 is 13.6. The van der Waals surface area contributed by atoms with Crippen LogP contribution in [-0.4, -0.2) is 25.0 Å². The lowest BCUT2D eigenvalue weighted by Gasteiger charge is -2.16. The molecular weight excluding hydrogens is 279 g/mol. The molecule has 1 rings (SSSR count). The Kier molecular flexibility index (Phi) is 9.17. The van der Waals surface area contributed by atoms with Crippen molar-refractivity contribution >= 4 is 18.3 Å². The number of halogens is 2. The standard InChI is InChI=1S/C15H23FN2O.ClH/c1-4-17-12(3)10-18-15(19)9-11(2)13-7-5-6-8-14(13)16;/h5-8,11-12,17H,4,9-10H2,1-3H3,(H,18,19);1H/t11?,12-;/m1./s1. The third-order valence-electron chi connectivity index (χ3n) is 3.09. The molecule has 20 heavy (non-hydrogen) atoms. The predicted molar refractivity (Wildman–Crippen MR) is 82.8 cm³/mol. The smallest absolute Gasteiger partial charge is 0.220 e. The quantitative estimate of drug-likeness (QED) is 0.813. The minimum absolute atomic E-state index is 0. The summed E-state index contributed by atoms with van der Waals surface area (Å²) in [6.45, 7) is 7.38. The van der Waals surface area contributed by atoms with Gasteiger partial charge in [0.1, 0.15) is 5.82 Å². The molecule has 2 N–H and O–H groups in total. The molecule has 2 atom stereocenters. The summed E-state index contributed by atoms with van der Waals surface area (Å²) in [4.78, 5) is 11.8. The van der Waals surface area contributed by atoms with Crippen LogP contribution in [0.5, 0.6) is 0 Å². The summed E-state index contributed by atoms with van der Waals surface area (Å²) in [5.74, 6) is -0.403. The Morgan fingerprint density at radius 2 is 1.95 bits per heavy atom. The van der Waals surface area contributed by atoms with E-state index in [-0.39, 0.29) is 36.1 Å². The topological polar surface area (TPSA) is 41.1 Å². The van der Waals surface area contributed by atoms with Crippen molar-refractivity contribution < 1.29 is 9.18 Å². The van der Waals surface area contributed by atoms with Crippen LogP contribution in [0.15, 0.2) is 24.3 Å². The molecule has 0 bridgehead atoms. The van der Waals surface area contributed by atoms with Gasteiger partial charge in [-0.1, -0.05) is 32.0 Å². The average molecular weight is 303 g/mol. The normalized spacial score (nSPS) is 13.2. The Hall–Kier alpha value is -1.13. The molecular formula is C15H24ClFN2O.